The van der Waals surface area contributed by atoms with Crippen LogP contribution in [0.3, 0.4) is 0 Å². The fourth-order valence-corrected chi connectivity index (χ4v) is 4.96. The Balaban J connectivity index is 1.62. The average molecular weight is 535 g/mol. The number of anilines is 2. The highest BCUT2D eigenvalue weighted by Gasteiger charge is 2.44. The van der Waals surface area contributed by atoms with E-state index < -0.39 is 11.5 Å². The first-order chi connectivity index (χ1) is 18.2. The molecule has 0 saturated heterocycles. The zero-order chi connectivity index (χ0) is 27.3. The van der Waals surface area contributed by atoms with Gasteiger partial charge in [0.1, 0.15) is 11.3 Å². The maximum atomic E-state index is 13.9. The van der Waals surface area contributed by atoms with Crippen LogP contribution in [0.2, 0.25) is 5.02 Å². The van der Waals surface area contributed by atoms with Crippen LogP contribution in [0.25, 0.3) is 0 Å². The Morgan fingerprint density at radius 1 is 1.05 bits per heavy atom. The van der Waals surface area contributed by atoms with Crippen LogP contribution >= 0.6 is 11.6 Å². The van der Waals surface area contributed by atoms with Crippen LogP contribution in [0, 0.1) is 0 Å². The molecule has 7 nitrogen and oxygen atoms in total. The molecule has 1 aliphatic rings. The first-order valence-electron chi connectivity index (χ1n) is 12.7. The van der Waals surface area contributed by atoms with Gasteiger partial charge in [-0.05, 0) is 73.5 Å². The number of rotatable bonds is 10. The van der Waals surface area contributed by atoms with E-state index in [-0.39, 0.29) is 30.8 Å². The third kappa shape index (κ3) is 6.00. The summed E-state index contributed by atoms with van der Waals surface area (Å²) in [6.07, 6.45) is 1.12. The summed E-state index contributed by atoms with van der Waals surface area (Å²) in [5.41, 5.74) is 2.00. The molecule has 198 valence electrons. The average Bonchev–Trinajstić information content (AvgIpc) is 2.92. The first kappa shape index (κ1) is 27.2. The third-order valence-electron chi connectivity index (χ3n) is 6.74. The number of nitrogens with one attached hydrogen (secondary N) is 1. The van der Waals surface area contributed by atoms with Gasteiger partial charge in [-0.2, -0.15) is 0 Å². The Hall–Kier alpha value is -3.84. The topological polar surface area (TPSA) is 95.9 Å². The second kappa shape index (κ2) is 11.7. The fourth-order valence-electron chi connectivity index (χ4n) is 4.83. The van der Waals surface area contributed by atoms with Gasteiger partial charge in [0, 0.05) is 41.2 Å². The van der Waals surface area contributed by atoms with Gasteiger partial charge < -0.3 is 20.1 Å². The molecule has 4 rings (SSSR count). The van der Waals surface area contributed by atoms with E-state index >= 15 is 0 Å². The molecule has 0 aromatic heterocycles. The van der Waals surface area contributed by atoms with Crippen LogP contribution in [-0.2, 0) is 9.59 Å². The number of aliphatic carboxylic acids is 1. The maximum absolute atomic E-state index is 13.9. The SMILES string of the molecule is CCC(=O)N(c1ccc(Cl)cc1)[C@H]1C[C@@](C)(C(=O)c2ccc(OCCCC(=O)O)cc2)Nc2ccccc21. The lowest BCUT2D eigenvalue weighted by Crippen LogP contribution is -2.51. The van der Waals surface area contributed by atoms with Gasteiger partial charge in [0.25, 0.3) is 0 Å². The Morgan fingerprint density at radius 2 is 1.74 bits per heavy atom. The van der Waals surface area contributed by atoms with E-state index in [0.717, 1.165) is 16.9 Å². The lowest BCUT2D eigenvalue weighted by atomic mass is 9.78. The molecular weight excluding hydrogens is 504 g/mol. The second-order valence-corrected chi connectivity index (χ2v) is 9.99. The van der Waals surface area contributed by atoms with Gasteiger partial charge in [-0.3, -0.25) is 14.4 Å². The van der Waals surface area contributed by atoms with Crippen LogP contribution < -0.4 is 15.0 Å². The number of fused-ring (bicyclic) bond motifs is 1. The van der Waals surface area contributed by atoms with Gasteiger partial charge in [0.05, 0.1) is 12.6 Å². The number of carboxylic acids is 1. The van der Waals surface area contributed by atoms with Crippen molar-refractivity contribution in [2.75, 3.05) is 16.8 Å². The largest absolute Gasteiger partial charge is 0.494 e. The molecule has 1 heterocycles. The number of amides is 1. The number of hydrogen-bond acceptors (Lipinski definition) is 5. The van der Waals surface area contributed by atoms with Crippen molar-refractivity contribution in [3.8, 4) is 5.75 Å². The predicted molar refractivity (Wildman–Crippen MR) is 148 cm³/mol. The molecule has 3 aromatic rings. The molecule has 0 aliphatic carbocycles. The summed E-state index contributed by atoms with van der Waals surface area (Å²) in [6, 6.07) is 21.4. The first-order valence-corrected chi connectivity index (χ1v) is 13.0. The number of carbonyl (C=O) groups is 3. The zero-order valence-corrected chi connectivity index (χ0v) is 22.2. The van der Waals surface area contributed by atoms with Crippen molar-refractivity contribution < 1.29 is 24.2 Å². The lowest BCUT2D eigenvalue weighted by Gasteiger charge is -2.44. The Kier molecular flexibility index (Phi) is 8.37. The second-order valence-electron chi connectivity index (χ2n) is 9.56. The number of carboxylic acid groups (broad SMARTS) is 1. The number of carbonyl (C=O) groups excluding carboxylic acids is 2. The number of nitrogens with zero attached hydrogens (tertiary/aromatic N) is 1. The van der Waals surface area contributed by atoms with E-state index in [2.05, 4.69) is 5.32 Å². The van der Waals surface area contributed by atoms with Crippen molar-refractivity contribution in [3.05, 3.63) is 88.9 Å². The van der Waals surface area contributed by atoms with Crippen molar-refractivity contribution in [1.29, 1.82) is 0 Å². The smallest absolute Gasteiger partial charge is 0.303 e. The van der Waals surface area contributed by atoms with E-state index in [1.807, 2.05) is 50.2 Å². The Bertz CT molecular complexity index is 1310. The summed E-state index contributed by atoms with van der Waals surface area (Å²) in [4.78, 5) is 39.6. The fraction of sp³-hybridized carbons (Fsp3) is 0.300. The number of hydrogen-bond donors (Lipinski definition) is 2. The monoisotopic (exact) mass is 534 g/mol. The van der Waals surface area contributed by atoms with E-state index in [9.17, 15) is 14.4 Å². The number of halogens is 1. The van der Waals surface area contributed by atoms with E-state index in [1.54, 1.807) is 41.3 Å². The molecule has 1 aliphatic heterocycles. The highest BCUT2D eigenvalue weighted by molar-refractivity contribution is 6.30. The molecular formula is C30H31ClN2O5. The number of benzene rings is 3. The van der Waals surface area contributed by atoms with Crippen molar-refractivity contribution in [2.24, 2.45) is 0 Å². The zero-order valence-electron chi connectivity index (χ0n) is 21.4. The van der Waals surface area contributed by atoms with Crippen molar-refractivity contribution in [2.45, 2.75) is 51.1 Å². The highest BCUT2D eigenvalue weighted by atomic mass is 35.5. The molecule has 2 atom stereocenters. The summed E-state index contributed by atoms with van der Waals surface area (Å²) >= 11 is 6.12. The van der Waals surface area contributed by atoms with E-state index in [0.29, 0.717) is 35.6 Å². The predicted octanol–water partition coefficient (Wildman–Crippen LogP) is 6.53. The summed E-state index contributed by atoms with van der Waals surface area (Å²) in [7, 11) is 0. The summed E-state index contributed by atoms with van der Waals surface area (Å²) in [5, 5.41) is 12.8. The standard InChI is InChI=1S/C30H31ClN2O5/c1-3-27(34)33(22-14-12-21(31)13-15-22)26-19-30(2,32-25-8-5-4-7-24(25)26)29(37)20-10-16-23(17-11-20)38-18-6-9-28(35)36/h4-5,7-8,10-17,26,32H,3,6,9,18-19H2,1-2H3,(H,35,36)/t26-,30-/m0/s1. The van der Waals surface area contributed by atoms with Gasteiger partial charge in [0.2, 0.25) is 5.91 Å². The van der Waals surface area contributed by atoms with Crippen LogP contribution in [0.4, 0.5) is 11.4 Å². The number of ketones is 1. The molecule has 1 amide bonds. The van der Waals surface area contributed by atoms with E-state index in [1.165, 1.54) is 0 Å². The molecule has 3 aromatic carbocycles. The van der Waals surface area contributed by atoms with Crippen LogP contribution in [0.1, 0.15) is 61.5 Å². The maximum Gasteiger partial charge on any atom is 0.303 e. The molecule has 0 saturated carbocycles. The Labute approximate surface area is 227 Å². The van der Waals surface area contributed by atoms with Gasteiger partial charge in [-0.25, -0.2) is 0 Å². The van der Waals surface area contributed by atoms with Gasteiger partial charge >= 0.3 is 5.97 Å². The van der Waals surface area contributed by atoms with Crippen LogP contribution in [-0.4, -0.2) is 34.9 Å². The highest BCUT2D eigenvalue weighted by Crippen LogP contribution is 2.44. The lowest BCUT2D eigenvalue weighted by molar-refractivity contribution is -0.137. The van der Waals surface area contributed by atoms with Crippen molar-refractivity contribution in [3.63, 3.8) is 0 Å². The van der Waals surface area contributed by atoms with Gasteiger partial charge in [-0.1, -0.05) is 36.7 Å². The minimum absolute atomic E-state index is 0.0385. The van der Waals surface area contributed by atoms with Crippen LogP contribution in [0.5, 0.6) is 5.75 Å². The molecule has 0 bridgehead atoms. The van der Waals surface area contributed by atoms with Gasteiger partial charge in [-0.15, -0.1) is 0 Å². The summed E-state index contributed by atoms with van der Waals surface area (Å²) in [6.45, 7) is 3.97. The molecule has 0 fully saturated rings. The van der Waals surface area contributed by atoms with Crippen molar-refractivity contribution >= 4 is 40.6 Å². The molecule has 0 radical (unpaired) electrons. The molecule has 8 heteroatoms. The molecule has 2 N–H and O–H groups in total. The molecule has 0 spiro atoms. The van der Waals surface area contributed by atoms with Gasteiger partial charge in [0.15, 0.2) is 5.78 Å². The minimum atomic E-state index is -0.985. The molecule has 38 heavy (non-hydrogen) atoms. The van der Waals surface area contributed by atoms with Crippen LogP contribution in [0.15, 0.2) is 72.8 Å². The quantitative estimate of drug-likeness (QED) is 0.227. The normalized spacial score (nSPS) is 18.1. The minimum Gasteiger partial charge on any atom is -0.494 e. The summed E-state index contributed by atoms with van der Waals surface area (Å²) < 4.78 is 5.61. The third-order valence-corrected chi connectivity index (χ3v) is 6.99. The number of para-hydroxylation sites is 1. The van der Waals surface area contributed by atoms with Crippen molar-refractivity contribution in [1.82, 2.24) is 0 Å². The number of Topliss-reactive ketones (excluding diaryl/α,β-unsaturated/α-hetero) is 1. The molecule has 0 unspecified atom stereocenters. The van der Waals surface area contributed by atoms with E-state index in [4.69, 9.17) is 21.4 Å². The number of ether oxygens (including phenoxy) is 1. The summed E-state index contributed by atoms with van der Waals surface area (Å²) in [5.74, 6) is -0.444. The Morgan fingerprint density at radius 3 is 2.39 bits per heavy atom.